The van der Waals surface area contributed by atoms with Gasteiger partial charge in [-0.05, 0) is 43.0 Å². The molecule has 0 bridgehead atoms. The van der Waals surface area contributed by atoms with Crippen molar-refractivity contribution in [3.05, 3.63) is 35.4 Å². The maximum absolute atomic E-state index is 13.5. The Hall–Kier alpha value is -0.960. The van der Waals surface area contributed by atoms with Crippen molar-refractivity contribution in [3.63, 3.8) is 0 Å². The lowest BCUT2D eigenvalue weighted by molar-refractivity contribution is 0.241. The van der Waals surface area contributed by atoms with Crippen LogP contribution in [0.2, 0.25) is 0 Å². The molecule has 7 heteroatoms. The summed E-state index contributed by atoms with van der Waals surface area (Å²) in [6.07, 6.45) is 0.365. The number of benzene rings is 1. The van der Waals surface area contributed by atoms with Crippen molar-refractivity contribution >= 4 is 29.9 Å². The Morgan fingerprint density at radius 3 is 2.68 bits per heavy atom. The van der Waals surface area contributed by atoms with Gasteiger partial charge in [-0.15, -0.1) is 24.0 Å². The Balaban J connectivity index is 0.00000441. The molecule has 0 radical (unpaired) electrons. The average Bonchev–Trinajstić information content (AvgIpc) is 2.47. The summed E-state index contributed by atoms with van der Waals surface area (Å²) in [6.45, 7) is 5.57. The Morgan fingerprint density at radius 2 is 2.05 bits per heavy atom. The number of aliphatic hydroxyl groups excluding tert-OH is 1. The SMILES string of the molecule is CCNC(=NCC(C)CO)NCCc1cc(F)ccc1F.I. The van der Waals surface area contributed by atoms with Crippen LogP contribution in [0.15, 0.2) is 23.2 Å². The molecule has 0 spiro atoms. The Kier molecular flexibility index (Phi) is 11.1. The Labute approximate surface area is 147 Å². The second kappa shape index (κ2) is 11.6. The number of hydrogen-bond acceptors (Lipinski definition) is 2. The van der Waals surface area contributed by atoms with Gasteiger partial charge in [0.1, 0.15) is 11.6 Å². The van der Waals surface area contributed by atoms with Gasteiger partial charge in [-0.2, -0.15) is 0 Å². The molecule has 0 heterocycles. The molecule has 0 aromatic heterocycles. The van der Waals surface area contributed by atoms with Crippen molar-refractivity contribution in [1.82, 2.24) is 10.6 Å². The molecule has 1 unspecified atom stereocenters. The lowest BCUT2D eigenvalue weighted by Crippen LogP contribution is -2.38. The van der Waals surface area contributed by atoms with E-state index in [0.29, 0.717) is 37.6 Å². The average molecular weight is 427 g/mol. The van der Waals surface area contributed by atoms with Crippen molar-refractivity contribution in [3.8, 4) is 0 Å². The molecular weight excluding hydrogens is 403 g/mol. The zero-order valence-corrected chi connectivity index (χ0v) is 15.2. The summed E-state index contributed by atoms with van der Waals surface area (Å²) in [5.41, 5.74) is 0.335. The number of nitrogens with one attached hydrogen (secondary N) is 2. The van der Waals surface area contributed by atoms with Crippen LogP contribution in [-0.2, 0) is 6.42 Å². The van der Waals surface area contributed by atoms with Gasteiger partial charge in [0.2, 0.25) is 0 Å². The van der Waals surface area contributed by atoms with Crippen LogP contribution in [0.3, 0.4) is 0 Å². The number of halogens is 3. The second-order valence-electron chi connectivity index (χ2n) is 4.92. The second-order valence-corrected chi connectivity index (χ2v) is 4.92. The third-order valence-electron chi connectivity index (χ3n) is 2.91. The van der Waals surface area contributed by atoms with Crippen LogP contribution in [0.5, 0.6) is 0 Å². The quantitative estimate of drug-likeness (QED) is 0.356. The summed E-state index contributed by atoms with van der Waals surface area (Å²) in [6, 6.07) is 3.44. The number of aliphatic imine (C=N–C) groups is 1. The van der Waals surface area contributed by atoms with Gasteiger partial charge < -0.3 is 15.7 Å². The topological polar surface area (TPSA) is 56.7 Å². The molecule has 126 valence electrons. The first-order valence-electron chi connectivity index (χ1n) is 7.13. The lowest BCUT2D eigenvalue weighted by atomic mass is 10.1. The van der Waals surface area contributed by atoms with E-state index in [4.69, 9.17) is 5.11 Å². The zero-order valence-electron chi connectivity index (χ0n) is 12.9. The van der Waals surface area contributed by atoms with Gasteiger partial charge in [0, 0.05) is 26.2 Å². The molecule has 0 amide bonds. The zero-order chi connectivity index (χ0) is 15.7. The van der Waals surface area contributed by atoms with E-state index in [1.54, 1.807) is 0 Å². The fourth-order valence-corrected chi connectivity index (χ4v) is 1.70. The van der Waals surface area contributed by atoms with Crippen LogP contribution >= 0.6 is 24.0 Å². The fourth-order valence-electron chi connectivity index (χ4n) is 1.70. The van der Waals surface area contributed by atoms with Gasteiger partial charge in [0.05, 0.1) is 0 Å². The van der Waals surface area contributed by atoms with Crippen LogP contribution < -0.4 is 10.6 Å². The van der Waals surface area contributed by atoms with E-state index in [0.717, 1.165) is 12.1 Å². The molecule has 22 heavy (non-hydrogen) atoms. The standard InChI is InChI=1S/C15H23F2N3O.HI/c1-3-18-15(20-9-11(2)10-21)19-7-6-12-8-13(16)4-5-14(12)17;/h4-5,8,11,21H,3,6-7,9-10H2,1-2H3,(H2,18,19,20);1H. The van der Waals surface area contributed by atoms with Gasteiger partial charge in [0.25, 0.3) is 0 Å². The van der Waals surface area contributed by atoms with Crippen molar-refractivity contribution < 1.29 is 13.9 Å². The molecule has 3 N–H and O–H groups in total. The summed E-state index contributed by atoms with van der Waals surface area (Å²) in [4.78, 5) is 4.32. The van der Waals surface area contributed by atoms with E-state index in [9.17, 15) is 8.78 Å². The number of rotatable bonds is 7. The van der Waals surface area contributed by atoms with E-state index < -0.39 is 11.6 Å². The fraction of sp³-hybridized carbons (Fsp3) is 0.533. The molecule has 0 saturated carbocycles. The van der Waals surface area contributed by atoms with Crippen LogP contribution in [-0.4, -0.2) is 37.3 Å². The normalized spacial score (nSPS) is 12.5. The Bertz CT molecular complexity index is 472. The monoisotopic (exact) mass is 427 g/mol. The number of hydrogen-bond donors (Lipinski definition) is 3. The maximum atomic E-state index is 13.5. The molecule has 0 saturated heterocycles. The molecule has 0 fully saturated rings. The van der Waals surface area contributed by atoms with Crippen LogP contribution in [0, 0.1) is 17.6 Å². The van der Waals surface area contributed by atoms with Gasteiger partial charge >= 0.3 is 0 Å². The predicted octanol–water partition coefficient (Wildman–Crippen LogP) is 2.31. The van der Waals surface area contributed by atoms with Gasteiger partial charge in [0.15, 0.2) is 5.96 Å². The molecule has 1 aromatic carbocycles. The molecule has 0 aliphatic rings. The Morgan fingerprint density at radius 1 is 1.32 bits per heavy atom. The van der Waals surface area contributed by atoms with Crippen molar-refractivity contribution in [2.75, 3.05) is 26.2 Å². The number of aliphatic hydroxyl groups is 1. The first-order chi connectivity index (χ1) is 10.1. The minimum atomic E-state index is -0.441. The van der Waals surface area contributed by atoms with Crippen LogP contribution in [0.4, 0.5) is 8.78 Å². The largest absolute Gasteiger partial charge is 0.396 e. The highest BCUT2D eigenvalue weighted by Crippen LogP contribution is 2.09. The van der Waals surface area contributed by atoms with Gasteiger partial charge in [-0.1, -0.05) is 6.92 Å². The van der Waals surface area contributed by atoms with E-state index in [-0.39, 0.29) is 36.5 Å². The molecular formula is C15H24F2IN3O. The van der Waals surface area contributed by atoms with E-state index >= 15 is 0 Å². The van der Waals surface area contributed by atoms with Gasteiger partial charge in [-0.25, -0.2) is 8.78 Å². The third kappa shape index (κ3) is 7.88. The third-order valence-corrected chi connectivity index (χ3v) is 2.91. The molecule has 1 rings (SSSR count). The van der Waals surface area contributed by atoms with Crippen molar-refractivity contribution in [1.29, 1.82) is 0 Å². The first-order valence-corrected chi connectivity index (χ1v) is 7.13. The lowest BCUT2D eigenvalue weighted by Gasteiger charge is -2.12. The summed E-state index contributed by atoms with van der Waals surface area (Å²) < 4.78 is 26.5. The molecule has 4 nitrogen and oxygen atoms in total. The smallest absolute Gasteiger partial charge is 0.191 e. The van der Waals surface area contributed by atoms with Gasteiger partial charge in [-0.3, -0.25) is 4.99 Å². The molecule has 0 aliphatic heterocycles. The highest BCUT2D eigenvalue weighted by Gasteiger charge is 2.05. The van der Waals surface area contributed by atoms with Crippen molar-refractivity contribution in [2.24, 2.45) is 10.9 Å². The molecule has 1 atom stereocenters. The predicted molar refractivity (Wildman–Crippen MR) is 95.7 cm³/mol. The number of nitrogens with zero attached hydrogens (tertiary/aromatic N) is 1. The van der Waals surface area contributed by atoms with Crippen molar-refractivity contribution in [2.45, 2.75) is 20.3 Å². The minimum absolute atomic E-state index is 0. The summed E-state index contributed by atoms with van der Waals surface area (Å²) in [5, 5.41) is 15.1. The molecule has 0 aliphatic carbocycles. The van der Waals surface area contributed by atoms with E-state index in [1.165, 1.54) is 6.07 Å². The van der Waals surface area contributed by atoms with E-state index in [1.807, 2.05) is 13.8 Å². The summed E-state index contributed by atoms with van der Waals surface area (Å²) in [7, 11) is 0. The summed E-state index contributed by atoms with van der Waals surface area (Å²) in [5.74, 6) is -0.159. The highest BCUT2D eigenvalue weighted by molar-refractivity contribution is 14.0. The highest BCUT2D eigenvalue weighted by atomic mass is 127. The minimum Gasteiger partial charge on any atom is -0.396 e. The maximum Gasteiger partial charge on any atom is 0.191 e. The van der Waals surface area contributed by atoms with Crippen LogP contribution in [0.1, 0.15) is 19.4 Å². The summed E-state index contributed by atoms with van der Waals surface area (Å²) >= 11 is 0. The van der Waals surface area contributed by atoms with E-state index in [2.05, 4.69) is 15.6 Å². The molecule has 1 aromatic rings. The first kappa shape index (κ1) is 21.0. The van der Waals surface area contributed by atoms with Crippen LogP contribution in [0.25, 0.3) is 0 Å². The number of guanidine groups is 1.